The van der Waals surface area contributed by atoms with Gasteiger partial charge in [-0.25, -0.2) is 0 Å². The normalized spacial score (nSPS) is 14.6. The van der Waals surface area contributed by atoms with E-state index in [9.17, 15) is 4.79 Å². The van der Waals surface area contributed by atoms with Crippen molar-refractivity contribution < 1.29 is 4.79 Å². The van der Waals surface area contributed by atoms with Crippen LogP contribution in [0.2, 0.25) is 5.02 Å². The van der Waals surface area contributed by atoms with E-state index in [0.29, 0.717) is 11.1 Å². The molecule has 1 saturated carbocycles. The molecule has 1 aliphatic rings. The number of carbonyl (C=O) groups excluding carboxylic acids is 1. The topological polar surface area (TPSA) is 72.7 Å². The number of nitrogens with one attached hydrogen (secondary N) is 1. The van der Waals surface area contributed by atoms with E-state index >= 15 is 0 Å². The number of amides is 1. The quantitative estimate of drug-likeness (QED) is 0.584. The Kier molecular flexibility index (Phi) is 5.64. The third-order valence-electron chi connectivity index (χ3n) is 4.58. The molecule has 0 saturated heterocycles. The highest BCUT2D eigenvalue weighted by molar-refractivity contribution is 7.99. The molecule has 1 aliphatic carbocycles. The molecule has 28 heavy (non-hydrogen) atoms. The smallest absolute Gasteiger partial charge is 0.230 e. The van der Waals surface area contributed by atoms with E-state index in [1.165, 1.54) is 11.8 Å². The van der Waals surface area contributed by atoms with Crippen LogP contribution in [0.25, 0.3) is 11.4 Å². The zero-order valence-electron chi connectivity index (χ0n) is 15.4. The Labute approximate surface area is 172 Å². The fourth-order valence-corrected chi connectivity index (χ4v) is 4.16. The molecule has 0 radical (unpaired) electrons. The summed E-state index contributed by atoms with van der Waals surface area (Å²) < 4.78 is 2.13. The maximum atomic E-state index is 12.4. The van der Waals surface area contributed by atoms with Crippen molar-refractivity contribution in [3.05, 3.63) is 59.4 Å². The van der Waals surface area contributed by atoms with Crippen LogP contribution in [-0.4, -0.2) is 31.4 Å². The van der Waals surface area contributed by atoms with Gasteiger partial charge in [-0.2, -0.15) is 0 Å². The summed E-state index contributed by atoms with van der Waals surface area (Å²) in [6.45, 7) is 1.93. The molecular weight excluding hydrogens is 394 g/mol. The molecule has 1 atom stereocenters. The summed E-state index contributed by atoms with van der Waals surface area (Å²) in [6.07, 6.45) is 5.74. The number of hydrogen-bond donors (Lipinski definition) is 1. The van der Waals surface area contributed by atoms with Crippen LogP contribution in [0.3, 0.4) is 0 Å². The first-order valence-electron chi connectivity index (χ1n) is 9.15. The molecule has 2 heterocycles. The average molecular weight is 414 g/mol. The zero-order valence-corrected chi connectivity index (χ0v) is 17.0. The van der Waals surface area contributed by atoms with Gasteiger partial charge in [0.1, 0.15) is 0 Å². The van der Waals surface area contributed by atoms with Gasteiger partial charge < -0.3 is 5.32 Å². The van der Waals surface area contributed by atoms with E-state index in [-0.39, 0.29) is 17.7 Å². The van der Waals surface area contributed by atoms with Gasteiger partial charge in [-0.1, -0.05) is 41.6 Å². The van der Waals surface area contributed by atoms with Gasteiger partial charge in [0.2, 0.25) is 5.91 Å². The van der Waals surface area contributed by atoms with Crippen LogP contribution < -0.4 is 5.32 Å². The standard InChI is InChI=1S/C20H20ClN5OS/c1-13(16-6-2-3-7-17(16)21)23-18(27)12-28-20-25-24-19(26(20)15-8-9-15)14-5-4-10-22-11-14/h2-7,10-11,13,15H,8-9,12H2,1H3,(H,23,27)/t13-/m0/s1. The van der Waals surface area contributed by atoms with Crippen molar-refractivity contribution >= 4 is 29.3 Å². The predicted octanol–water partition coefficient (Wildman–Crippen LogP) is 4.30. The molecule has 6 nitrogen and oxygen atoms in total. The number of halogens is 1. The highest BCUT2D eigenvalue weighted by Crippen LogP contribution is 2.40. The van der Waals surface area contributed by atoms with Crippen molar-refractivity contribution in [2.75, 3.05) is 5.75 Å². The van der Waals surface area contributed by atoms with Crippen LogP contribution >= 0.6 is 23.4 Å². The highest BCUT2D eigenvalue weighted by Gasteiger charge is 2.30. The lowest BCUT2D eigenvalue weighted by Crippen LogP contribution is -2.28. The summed E-state index contributed by atoms with van der Waals surface area (Å²) in [5, 5.41) is 13.1. The largest absolute Gasteiger partial charge is 0.349 e. The molecule has 0 bridgehead atoms. The fourth-order valence-electron chi connectivity index (χ4n) is 3.05. The minimum absolute atomic E-state index is 0.0642. The monoisotopic (exact) mass is 413 g/mol. The van der Waals surface area contributed by atoms with Gasteiger partial charge in [-0.3, -0.25) is 14.3 Å². The van der Waals surface area contributed by atoms with Gasteiger partial charge in [0.25, 0.3) is 0 Å². The Hall–Kier alpha value is -2.38. The number of hydrogen-bond acceptors (Lipinski definition) is 5. The number of pyridine rings is 1. The van der Waals surface area contributed by atoms with Gasteiger partial charge >= 0.3 is 0 Å². The lowest BCUT2D eigenvalue weighted by Gasteiger charge is -2.15. The SMILES string of the molecule is C[C@H](NC(=O)CSc1nnc(-c2cccnc2)n1C1CC1)c1ccccc1Cl. The third-order valence-corrected chi connectivity index (χ3v) is 5.87. The maximum absolute atomic E-state index is 12.4. The van der Waals surface area contributed by atoms with E-state index < -0.39 is 0 Å². The molecule has 1 amide bonds. The lowest BCUT2D eigenvalue weighted by atomic mass is 10.1. The summed E-state index contributed by atoms with van der Waals surface area (Å²) in [5.74, 6) is 1.01. The molecule has 1 N–H and O–H groups in total. The number of aromatic nitrogens is 4. The molecular formula is C20H20ClN5OS. The Morgan fingerprint density at radius 3 is 2.82 bits per heavy atom. The first-order chi connectivity index (χ1) is 13.6. The van der Waals surface area contributed by atoms with Gasteiger partial charge in [0.05, 0.1) is 11.8 Å². The minimum atomic E-state index is -0.158. The van der Waals surface area contributed by atoms with Crippen LogP contribution in [0.15, 0.2) is 53.9 Å². The van der Waals surface area contributed by atoms with Crippen molar-refractivity contribution in [3.63, 3.8) is 0 Å². The molecule has 2 aromatic heterocycles. The second-order valence-corrected chi connectivity index (χ2v) is 8.10. The molecule has 0 unspecified atom stereocenters. The number of benzene rings is 1. The Bertz CT molecular complexity index is 974. The van der Waals surface area contributed by atoms with Crippen molar-refractivity contribution in [1.82, 2.24) is 25.1 Å². The molecule has 144 valence electrons. The van der Waals surface area contributed by atoms with E-state index in [1.54, 1.807) is 12.4 Å². The summed E-state index contributed by atoms with van der Waals surface area (Å²) in [4.78, 5) is 16.6. The van der Waals surface area contributed by atoms with Crippen LogP contribution in [0.4, 0.5) is 0 Å². The molecule has 4 rings (SSSR count). The first-order valence-corrected chi connectivity index (χ1v) is 10.5. The summed E-state index contributed by atoms with van der Waals surface area (Å²) >= 11 is 7.62. The van der Waals surface area contributed by atoms with Gasteiger partial charge in [0.15, 0.2) is 11.0 Å². The summed E-state index contributed by atoms with van der Waals surface area (Å²) in [7, 11) is 0. The molecule has 0 spiro atoms. The van der Waals surface area contributed by atoms with Gasteiger partial charge in [-0.05, 0) is 43.5 Å². The van der Waals surface area contributed by atoms with Crippen LogP contribution in [0.5, 0.6) is 0 Å². The van der Waals surface area contributed by atoms with Crippen LogP contribution in [0, 0.1) is 0 Å². The molecule has 1 aromatic carbocycles. The van der Waals surface area contributed by atoms with Gasteiger partial charge in [-0.15, -0.1) is 10.2 Å². The fraction of sp³-hybridized carbons (Fsp3) is 0.300. The van der Waals surface area contributed by atoms with Crippen molar-refractivity contribution in [1.29, 1.82) is 0 Å². The number of nitrogens with zero attached hydrogens (tertiary/aromatic N) is 4. The first kappa shape index (κ1) is 19.0. The second-order valence-electron chi connectivity index (χ2n) is 6.75. The zero-order chi connectivity index (χ0) is 19.5. The van der Waals surface area contributed by atoms with E-state index in [2.05, 4.69) is 25.1 Å². The number of carbonyl (C=O) groups is 1. The number of rotatable bonds is 7. The van der Waals surface area contributed by atoms with Crippen LogP contribution in [0.1, 0.15) is 37.4 Å². The van der Waals surface area contributed by atoms with Crippen molar-refractivity contribution in [3.8, 4) is 11.4 Å². The average Bonchev–Trinajstić information content (AvgIpc) is 3.46. The van der Waals surface area contributed by atoms with E-state index in [4.69, 9.17) is 11.6 Å². The highest BCUT2D eigenvalue weighted by atomic mass is 35.5. The summed E-state index contributed by atoms with van der Waals surface area (Å²) in [6, 6.07) is 11.6. The maximum Gasteiger partial charge on any atom is 0.230 e. The molecule has 1 fully saturated rings. The second kappa shape index (κ2) is 8.32. The van der Waals surface area contributed by atoms with Gasteiger partial charge in [0, 0.05) is 29.0 Å². The molecule has 8 heteroatoms. The Morgan fingerprint density at radius 1 is 1.29 bits per heavy atom. The predicted molar refractivity (Wildman–Crippen MR) is 110 cm³/mol. The van der Waals surface area contributed by atoms with Crippen LogP contribution in [-0.2, 0) is 4.79 Å². The number of thioether (sulfide) groups is 1. The Morgan fingerprint density at radius 2 is 2.11 bits per heavy atom. The minimum Gasteiger partial charge on any atom is -0.349 e. The van der Waals surface area contributed by atoms with Crippen molar-refractivity contribution in [2.45, 2.75) is 37.0 Å². The lowest BCUT2D eigenvalue weighted by molar-refractivity contribution is -0.119. The van der Waals surface area contributed by atoms with Crippen molar-refractivity contribution in [2.24, 2.45) is 0 Å². The Balaban J connectivity index is 1.43. The summed E-state index contributed by atoms with van der Waals surface area (Å²) in [5.41, 5.74) is 1.84. The van der Waals surface area contributed by atoms with E-state index in [1.807, 2.05) is 43.3 Å². The van der Waals surface area contributed by atoms with E-state index in [0.717, 1.165) is 34.9 Å². The molecule has 3 aromatic rings. The third kappa shape index (κ3) is 4.20. The molecule has 0 aliphatic heterocycles.